The number of aliphatic hydroxyl groups is 1. The SMILES string of the molecule is OCCC1CCCCN1c1nc(Cl)nc2sc3c(c12)CCCC3. The summed E-state index contributed by atoms with van der Waals surface area (Å²) in [7, 11) is 0. The highest BCUT2D eigenvalue weighted by molar-refractivity contribution is 7.19. The summed E-state index contributed by atoms with van der Waals surface area (Å²) in [5, 5.41) is 11.0. The zero-order chi connectivity index (χ0) is 15.8. The van der Waals surface area contributed by atoms with Crippen LogP contribution in [0.25, 0.3) is 10.2 Å². The molecule has 2 aromatic heterocycles. The van der Waals surface area contributed by atoms with Crippen LogP contribution >= 0.6 is 22.9 Å². The number of hydrogen-bond acceptors (Lipinski definition) is 5. The molecule has 23 heavy (non-hydrogen) atoms. The van der Waals surface area contributed by atoms with E-state index >= 15 is 0 Å². The van der Waals surface area contributed by atoms with Crippen LogP contribution in [0.4, 0.5) is 5.82 Å². The number of hydrogen-bond donors (Lipinski definition) is 1. The van der Waals surface area contributed by atoms with Crippen molar-refractivity contribution in [1.82, 2.24) is 9.97 Å². The smallest absolute Gasteiger partial charge is 0.225 e. The lowest BCUT2D eigenvalue weighted by Gasteiger charge is -2.37. The first kappa shape index (κ1) is 15.6. The first-order valence-electron chi connectivity index (χ1n) is 8.63. The van der Waals surface area contributed by atoms with Crippen LogP contribution in [0.2, 0.25) is 5.28 Å². The van der Waals surface area contributed by atoms with Gasteiger partial charge < -0.3 is 10.0 Å². The minimum atomic E-state index is 0.227. The molecule has 1 atom stereocenters. The van der Waals surface area contributed by atoms with Gasteiger partial charge in [-0.15, -0.1) is 11.3 Å². The number of aryl methyl sites for hydroxylation is 2. The summed E-state index contributed by atoms with van der Waals surface area (Å²) in [4.78, 5) is 14.0. The summed E-state index contributed by atoms with van der Waals surface area (Å²) in [6.07, 6.45) is 9.14. The number of aromatic nitrogens is 2. The molecule has 3 heterocycles. The molecule has 1 unspecified atom stereocenters. The average molecular weight is 352 g/mol. The molecule has 0 amide bonds. The van der Waals surface area contributed by atoms with Gasteiger partial charge in [-0.1, -0.05) is 0 Å². The lowest BCUT2D eigenvalue weighted by molar-refractivity contribution is 0.262. The summed E-state index contributed by atoms with van der Waals surface area (Å²) in [5.74, 6) is 1.01. The maximum atomic E-state index is 9.42. The second-order valence-electron chi connectivity index (χ2n) is 6.56. The van der Waals surface area contributed by atoms with Crippen LogP contribution in [0.1, 0.15) is 49.0 Å². The van der Waals surface area contributed by atoms with Gasteiger partial charge in [0.15, 0.2) is 0 Å². The lowest BCUT2D eigenvalue weighted by Crippen LogP contribution is -2.40. The van der Waals surface area contributed by atoms with Crippen LogP contribution in [0, 0.1) is 0 Å². The minimum Gasteiger partial charge on any atom is -0.396 e. The zero-order valence-electron chi connectivity index (χ0n) is 13.2. The molecule has 0 saturated carbocycles. The highest BCUT2D eigenvalue weighted by Gasteiger charge is 2.28. The van der Waals surface area contributed by atoms with Gasteiger partial charge in [0.25, 0.3) is 0 Å². The lowest BCUT2D eigenvalue weighted by atomic mass is 9.95. The molecule has 0 radical (unpaired) electrons. The number of fused-ring (bicyclic) bond motifs is 3. The van der Waals surface area contributed by atoms with E-state index in [-0.39, 0.29) is 6.61 Å². The van der Waals surface area contributed by atoms with Crippen molar-refractivity contribution in [3.8, 4) is 0 Å². The van der Waals surface area contributed by atoms with Gasteiger partial charge in [-0.2, -0.15) is 4.98 Å². The molecule has 1 aliphatic carbocycles. The van der Waals surface area contributed by atoms with E-state index < -0.39 is 0 Å². The van der Waals surface area contributed by atoms with Crippen molar-refractivity contribution in [1.29, 1.82) is 0 Å². The molecule has 1 N–H and O–H groups in total. The third-order valence-electron chi connectivity index (χ3n) is 5.13. The molecule has 1 fully saturated rings. The monoisotopic (exact) mass is 351 g/mol. The van der Waals surface area contributed by atoms with E-state index in [1.54, 1.807) is 11.3 Å². The van der Waals surface area contributed by atoms with Gasteiger partial charge in [-0.3, -0.25) is 0 Å². The second-order valence-corrected chi connectivity index (χ2v) is 7.98. The number of aliphatic hydroxyl groups excluding tert-OH is 1. The quantitative estimate of drug-likeness (QED) is 0.850. The fourth-order valence-corrected chi connectivity index (χ4v) is 5.52. The van der Waals surface area contributed by atoms with Gasteiger partial charge in [-0.05, 0) is 68.5 Å². The Morgan fingerprint density at radius 2 is 2.04 bits per heavy atom. The van der Waals surface area contributed by atoms with Crippen molar-refractivity contribution < 1.29 is 5.11 Å². The van der Waals surface area contributed by atoms with E-state index in [9.17, 15) is 5.11 Å². The van der Waals surface area contributed by atoms with E-state index in [4.69, 9.17) is 11.6 Å². The summed E-state index contributed by atoms with van der Waals surface area (Å²) >= 11 is 8.03. The van der Waals surface area contributed by atoms with Crippen LogP contribution in [0.5, 0.6) is 0 Å². The number of piperidine rings is 1. The van der Waals surface area contributed by atoms with Gasteiger partial charge in [0.05, 0.1) is 5.39 Å². The van der Waals surface area contributed by atoms with Crippen molar-refractivity contribution in [3.05, 3.63) is 15.7 Å². The van der Waals surface area contributed by atoms with Crippen molar-refractivity contribution >= 4 is 39.0 Å². The normalized spacial score (nSPS) is 21.7. The Hall–Kier alpha value is -0.910. The molecule has 2 aliphatic rings. The Bertz CT molecular complexity index is 715. The van der Waals surface area contributed by atoms with E-state index in [2.05, 4.69) is 14.9 Å². The fourth-order valence-electron chi connectivity index (χ4n) is 4.05. The first-order valence-corrected chi connectivity index (χ1v) is 9.82. The van der Waals surface area contributed by atoms with Crippen LogP contribution in [-0.4, -0.2) is 34.3 Å². The van der Waals surface area contributed by atoms with E-state index in [1.165, 1.54) is 41.5 Å². The van der Waals surface area contributed by atoms with Gasteiger partial charge in [0, 0.05) is 24.1 Å². The predicted molar refractivity (Wildman–Crippen MR) is 95.8 cm³/mol. The van der Waals surface area contributed by atoms with Crippen LogP contribution < -0.4 is 4.90 Å². The van der Waals surface area contributed by atoms with Crippen molar-refractivity contribution in [2.45, 2.75) is 57.4 Å². The van der Waals surface area contributed by atoms with E-state index in [0.29, 0.717) is 11.3 Å². The van der Waals surface area contributed by atoms with Gasteiger partial charge >= 0.3 is 0 Å². The molecular weight excluding hydrogens is 330 g/mol. The highest BCUT2D eigenvalue weighted by atomic mass is 35.5. The summed E-state index contributed by atoms with van der Waals surface area (Å²) < 4.78 is 0. The van der Waals surface area contributed by atoms with Gasteiger partial charge in [0.2, 0.25) is 5.28 Å². The molecule has 1 aliphatic heterocycles. The fraction of sp³-hybridized carbons (Fsp3) is 0.647. The molecule has 4 rings (SSSR count). The number of anilines is 1. The molecule has 0 aromatic carbocycles. The molecule has 2 aromatic rings. The largest absolute Gasteiger partial charge is 0.396 e. The topological polar surface area (TPSA) is 49.2 Å². The predicted octanol–water partition coefficient (Wildman–Crippen LogP) is 3.96. The molecule has 6 heteroatoms. The Kier molecular flexibility index (Phi) is 4.43. The minimum absolute atomic E-state index is 0.227. The van der Waals surface area contributed by atoms with Crippen molar-refractivity contribution in [2.75, 3.05) is 18.1 Å². The first-order chi connectivity index (χ1) is 11.3. The van der Waals surface area contributed by atoms with Crippen LogP contribution in [-0.2, 0) is 12.8 Å². The van der Waals surface area contributed by atoms with Crippen LogP contribution in [0.3, 0.4) is 0 Å². The number of halogens is 1. The Labute approximate surface area is 145 Å². The molecule has 124 valence electrons. The maximum Gasteiger partial charge on any atom is 0.225 e. The van der Waals surface area contributed by atoms with Crippen molar-refractivity contribution in [3.63, 3.8) is 0 Å². The third kappa shape index (κ3) is 2.83. The highest BCUT2D eigenvalue weighted by Crippen LogP contribution is 2.41. The molecule has 4 nitrogen and oxygen atoms in total. The van der Waals surface area contributed by atoms with E-state index in [0.717, 1.165) is 42.9 Å². The van der Waals surface area contributed by atoms with Crippen LogP contribution in [0.15, 0.2) is 0 Å². The zero-order valence-corrected chi connectivity index (χ0v) is 14.8. The maximum absolute atomic E-state index is 9.42. The summed E-state index contributed by atoms with van der Waals surface area (Å²) in [6.45, 7) is 1.22. The van der Waals surface area contributed by atoms with E-state index in [1.807, 2.05) is 0 Å². The van der Waals surface area contributed by atoms with Gasteiger partial charge in [-0.25, -0.2) is 4.98 Å². The molecule has 1 saturated heterocycles. The summed E-state index contributed by atoms with van der Waals surface area (Å²) in [6, 6.07) is 0.363. The van der Waals surface area contributed by atoms with Crippen molar-refractivity contribution in [2.24, 2.45) is 0 Å². The molecular formula is C17H22ClN3OS. The second kappa shape index (κ2) is 6.54. The Morgan fingerprint density at radius 3 is 2.91 bits per heavy atom. The average Bonchev–Trinajstić information content (AvgIpc) is 2.93. The summed E-state index contributed by atoms with van der Waals surface area (Å²) in [5.41, 5.74) is 1.45. The molecule has 0 spiro atoms. The molecule has 0 bridgehead atoms. The number of thiophene rings is 1. The third-order valence-corrected chi connectivity index (χ3v) is 6.48. The Morgan fingerprint density at radius 1 is 1.17 bits per heavy atom. The number of nitrogens with zero attached hydrogens (tertiary/aromatic N) is 3. The standard InChI is InChI=1S/C17H22ClN3OS/c18-17-19-15(21-9-4-3-5-11(21)8-10-22)14-12-6-1-2-7-13(12)23-16(14)20-17/h11,22H,1-10H2. The Balaban J connectivity index is 1.86. The number of rotatable bonds is 3. The van der Waals surface area contributed by atoms with Gasteiger partial charge in [0.1, 0.15) is 10.6 Å².